The van der Waals surface area contributed by atoms with Crippen LogP contribution in [0.5, 0.6) is 0 Å². The number of carbonyl (C=O) groups excluding carboxylic acids is 1. The number of halogens is 1. The number of aryl methyl sites for hydroxylation is 1. The lowest BCUT2D eigenvalue weighted by Gasteiger charge is -2.03. The second-order valence-electron chi connectivity index (χ2n) is 4.54. The summed E-state index contributed by atoms with van der Waals surface area (Å²) in [5, 5.41) is 1.62. The van der Waals surface area contributed by atoms with Gasteiger partial charge in [-0.25, -0.2) is 0 Å². The van der Waals surface area contributed by atoms with E-state index in [2.05, 4.69) is 4.98 Å². The van der Waals surface area contributed by atoms with E-state index in [0.29, 0.717) is 16.1 Å². The summed E-state index contributed by atoms with van der Waals surface area (Å²) in [6, 6.07) is 13.1. The largest absolute Gasteiger partial charge is 0.360 e. The maximum absolute atomic E-state index is 12.5. The van der Waals surface area contributed by atoms with Gasteiger partial charge in [0.05, 0.1) is 0 Å². The summed E-state index contributed by atoms with van der Waals surface area (Å²) in [5.74, 6) is 0.0113. The minimum atomic E-state index is 0.0113. The predicted molar refractivity (Wildman–Crippen MR) is 77.9 cm³/mol. The van der Waals surface area contributed by atoms with Gasteiger partial charge in [0, 0.05) is 33.2 Å². The first-order chi connectivity index (χ1) is 9.16. The molecule has 0 amide bonds. The number of fused-ring (bicyclic) bond motifs is 1. The van der Waals surface area contributed by atoms with Gasteiger partial charge in [-0.3, -0.25) is 4.79 Å². The molecule has 1 aromatic heterocycles. The standard InChI is InChI=1S/C16H12ClNO/c1-10-8-11(6-7-14(10)17)16(19)13-9-18-15-5-3-2-4-12(13)15/h2-9,18H,1H3. The molecule has 0 spiro atoms. The number of aromatic nitrogens is 1. The average Bonchev–Trinajstić information content (AvgIpc) is 2.85. The van der Waals surface area contributed by atoms with Gasteiger partial charge in [0.15, 0.2) is 5.78 Å². The van der Waals surface area contributed by atoms with Crippen molar-refractivity contribution in [2.24, 2.45) is 0 Å². The van der Waals surface area contributed by atoms with Crippen molar-refractivity contribution in [1.82, 2.24) is 4.98 Å². The van der Waals surface area contributed by atoms with Crippen LogP contribution in [-0.4, -0.2) is 10.8 Å². The van der Waals surface area contributed by atoms with Crippen LogP contribution in [0.2, 0.25) is 5.02 Å². The van der Waals surface area contributed by atoms with Crippen molar-refractivity contribution in [2.75, 3.05) is 0 Å². The molecule has 2 nitrogen and oxygen atoms in total. The van der Waals surface area contributed by atoms with E-state index in [1.165, 1.54) is 0 Å². The van der Waals surface area contributed by atoms with Crippen molar-refractivity contribution in [3.8, 4) is 0 Å². The lowest BCUT2D eigenvalue weighted by molar-refractivity contribution is 0.104. The fourth-order valence-electron chi connectivity index (χ4n) is 2.20. The molecule has 0 radical (unpaired) electrons. The summed E-state index contributed by atoms with van der Waals surface area (Å²) >= 11 is 5.99. The lowest BCUT2D eigenvalue weighted by atomic mass is 10.0. The summed E-state index contributed by atoms with van der Waals surface area (Å²) in [6.07, 6.45) is 1.76. The molecule has 0 saturated heterocycles. The predicted octanol–water partition coefficient (Wildman–Crippen LogP) is 4.36. The van der Waals surface area contributed by atoms with Crippen molar-refractivity contribution in [3.05, 3.63) is 70.4 Å². The van der Waals surface area contributed by atoms with Crippen molar-refractivity contribution < 1.29 is 4.79 Å². The first-order valence-electron chi connectivity index (χ1n) is 6.04. The highest BCUT2D eigenvalue weighted by atomic mass is 35.5. The minimum Gasteiger partial charge on any atom is -0.360 e. The van der Waals surface area contributed by atoms with Gasteiger partial charge in [0.25, 0.3) is 0 Å². The molecule has 3 aromatic rings. The molecular weight excluding hydrogens is 258 g/mol. The van der Waals surface area contributed by atoms with Crippen molar-refractivity contribution in [2.45, 2.75) is 6.92 Å². The number of H-pyrrole nitrogens is 1. The molecular formula is C16H12ClNO. The molecule has 0 bridgehead atoms. The van der Waals surface area contributed by atoms with Crippen LogP contribution in [0.15, 0.2) is 48.7 Å². The lowest BCUT2D eigenvalue weighted by Crippen LogP contribution is -2.00. The fraction of sp³-hybridized carbons (Fsp3) is 0.0625. The van der Waals surface area contributed by atoms with Gasteiger partial charge in [-0.15, -0.1) is 0 Å². The Bertz CT molecular complexity index is 773. The van der Waals surface area contributed by atoms with Gasteiger partial charge >= 0.3 is 0 Å². The zero-order chi connectivity index (χ0) is 13.4. The van der Waals surface area contributed by atoms with Gasteiger partial charge < -0.3 is 4.98 Å². The minimum absolute atomic E-state index is 0.0113. The molecule has 1 N–H and O–H groups in total. The molecule has 19 heavy (non-hydrogen) atoms. The highest BCUT2D eigenvalue weighted by molar-refractivity contribution is 6.31. The van der Waals surface area contributed by atoms with E-state index in [0.717, 1.165) is 16.5 Å². The van der Waals surface area contributed by atoms with Crippen molar-refractivity contribution in [3.63, 3.8) is 0 Å². The van der Waals surface area contributed by atoms with Gasteiger partial charge in [-0.2, -0.15) is 0 Å². The molecule has 0 aliphatic rings. The number of benzene rings is 2. The number of nitrogens with one attached hydrogen (secondary N) is 1. The maximum Gasteiger partial charge on any atom is 0.195 e. The summed E-state index contributed by atoms with van der Waals surface area (Å²) in [6.45, 7) is 1.90. The molecule has 0 fully saturated rings. The number of ketones is 1. The summed E-state index contributed by atoms with van der Waals surface area (Å²) in [7, 11) is 0. The van der Waals surface area contributed by atoms with Crippen LogP contribution in [0.3, 0.4) is 0 Å². The van der Waals surface area contributed by atoms with Crippen LogP contribution in [0.4, 0.5) is 0 Å². The van der Waals surface area contributed by atoms with Gasteiger partial charge in [-0.1, -0.05) is 29.8 Å². The number of carbonyl (C=O) groups is 1. The Morgan fingerprint density at radius 2 is 1.95 bits per heavy atom. The Hall–Kier alpha value is -2.06. The first-order valence-corrected chi connectivity index (χ1v) is 6.41. The molecule has 94 valence electrons. The van der Waals surface area contributed by atoms with Crippen molar-refractivity contribution in [1.29, 1.82) is 0 Å². The molecule has 3 heteroatoms. The average molecular weight is 270 g/mol. The van der Waals surface area contributed by atoms with E-state index in [1.54, 1.807) is 18.3 Å². The normalized spacial score (nSPS) is 10.8. The topological polar surface area (TPSA) is 32.9 Å². The quantitative estimate of drug-likeness (QED) is 0.689. The molecule has 0 aliphatic carbocycles. The van der Waals surface area contributed by atoms with Crippen LogP contribution in [0, 0.1) is 6.92 Å². The van der Waals surface area contributed by atoms with E-state index < -0.39 is 0 Å². The summed E-state index contributed by atoms with van der Waals surface area (Å²) < 4.78 is 0. The SMILES string of the molecule is Cc1cc(C(=O)c2c[nH]c3ccccc23)ccc1Cl. The van der Waals surface area contributed by atoms with Gasteiger partial charge in [0.1, 0.15) is 0 Å². The highest BCUT2D eigenvalue weighted by Gasteiger charge is 2.14. The molecule has 1 heterocycles. The summed E-state index contributed by atoms with van der Waals surface area (Å²) in [5.41, 5.74) is 3.23. The van der Waals surface area contributed by atoms with Crippen LogP contribution in [0.1, 0.15) is 21.5 Å². The Morgan fingerprint density at radius 3 is 2.74 bits per heavy atom. The first kappa shape index (κ1) is 12.0. The third-order valence-electron chi connectivity index (χ3n) is 3.25. The smallest absolute Gasteiger partial charge is 0.195 e. The van der Waals surface area contributed by atoms with E-state index in [1.807, 2.05) is 37.3 Å². The third-order valence-corrected chi connectivity index (χ3v) is 3.68. The Balaban J connectivity index is 2.11. The second kappa shape index (κ2) is 4.56. The number of para-hydroxylation sites is 1. The highest BCUT2D eigenvalue weighted by Crippen LogP contribution is 2.23. The fourth-order valence-corrected chi connectivity index (χ4v) is 2.32. The van der Waals surface area contributed by atoms with Crippen LogP contribution in [-0.2, 0) is 0 Å². The van der Waals surface area contributed by atoms with Gasteiger partial charge in [-0.05, 0) is 36.8 Å². The van der Waals surface area contributed by atoms with Crippen LogP contribution in [0.25, 0.3) is 10.9 Å². The summed E-state index contributed by atoms with van der Waals surface area (Å²) in [4.78, 5) is 15.6. The third kappa shape index (κ3) is 2.04. The number of hydrogen-bond acceptors (Lipinski definition) is 1. The Morgan fingerprint density at radius 1 is 1.16 bits per heavy atom. The monoisotopic (exact) mass is 269 g/mol. The Labute approximate surface area is 116 Å². The zero-order valence-corrected chi connectivity index (χ0v) is 11.2. The molecule has 3 rings (SSSR count). The van der Waals surface area contributed by atoms with E-state index >= 15 is 0 Å². The molecule has 2 aromatic carbocycles. The van der Waals surface area contributed by atoms with E-state index in [-0.39, 0.29) is 5.78 Å². The molecule has 0 unspecified atom stereocenters. The van der Waals surface area contributed by atoms with E-state index in [4.69, 9.17) is 11.6 Å². The maximum atomic E-state index is 12.5. The van der Waals surface area contributed by atoms with Crippen LogP contribution >= 0.6 is 11.6 Å². The molecule has 0 aliphatic heterocycles. The van der Waals surface area contributed by atoms with Crippen LogP contribution < -0.4 is 0 Å². The van der Waals surface area contributed by atoms with Gasteiger partial charge in [0.2, 0.25) is 0 Å². The van der Waals surface area contributed by atoms with E-state index in [9.17, 15) is 4.79 Å². The molecule has 0 saturated carbocycles. The molecule has 0 atom stereocenters. The Kier molecular flexibility index (Phi) is 2.88. The number of hydrogen-bond donors (Lipinski definition) is 1. The number of aromatic amines is 1. The number of rotatable bonds is 2. The zero-order valence-electron chi connectivity index (χ0n) is 10.4. The second-order valence-corrected chi connectivity index (χ2v) is 4.95. The van der Waals surface area contributed by atoms with Crippen molar-refractivity contribution >= 4 is 28.3 Å².